The van der Waals surface area contributed by atoms with Crippen molar-refractivity contribution in [2.24, 2.45) is 46.3 Å². The SMILES string of the molecule is CC[C@]12CC[C@H]3[C@@H](CC4(CC4)C4=CC(=O)CC[C@@H]43)[C@@H]1[C@@H]1C[C@@H]1[C@@]21C=CCO1. The van der Waals surface area contributed by atoms with Crippen LogP contribution in [0, 0.1) is 46.3 Å². The molecule has 0 bridgehead atoms. The van der Waals surface area contributed by atoms with Crippen LogP contribution in [0.2, 0.25) is 0 Å². The third-order valence-electron chi connectivity index (χ3n) is 10.6. The Balaban J connectivity index is 1.33. The van der Waals surface area contributed by atoms with Crippen molar-refractivity contribution in [1.82, 2.24) is 0 Å². The quantitative estimate of drug-likeness (QED) is 0.606. The van der Waals surface area contributed by atoms with Gasteiger partial charge in [0.25, 0.3) is 0 Å². The summed E-state index contributed by atoms with van der Waals surface area (Å²) in [6.45, 7) is 3.29. The lowest BCUT2D eigenvalue weighted by Gasteiger charge is -2.59. The number of hydrogen-bond acceptors (Lipinski definition) is 2. The summed E-state index contributed by atoms with van der Waals surface area (Å²) in [5.74, 6) is 5.49. The number of allylic oxidation sites excluding steroid dienone is 1. The fourth-order valence-electron chi connectivity index (χ4n) is 9.61. The molecule has 0 aromatic carbocycles. The summed E-state index contributed by atoms with van der Waals surface area (Å²) in [7, 11) is 0. The molecule has 0 saturated heterocycles. The van der Waals surface area contributed by atoms with Crippen LogP contribution in [0.3, 0.4) is 0 Å². The van der Waals surface area contributed by atoms with Crippen molar-refractivity contribution in [2.45, 2.75) is 70.3 Å². The number of rotatable bonds is 1. The van der Waals surface area contributed by atoms with Gasteiger partial charge in [-0.25, -0.2) is 0 Å². The van der Waals surface area contributed by atoms with Crippen molar-refractivity contribution >= 4 is 5.78 Å². The maximum absolute atomic E-state index is 12.2. The highest BCUT2D eigenvalue weighted by Gasteiger charge is 2.78. The first kappa shape index (κ1) is 16.0. The van der Waals surface area contributed by atoms with Gasteiger partial charge in [0.05, 0.1) is 12.2 Å². The highest BCUT2D eigenvalue weighted by atomic mass is 16.5. The minimum atomic E-state index is 0.0808. The third-order valence-corrected chi connectivity index (χ3v) is 10.6. The smallest absolute Gasteiger partial charge is 0.155 e. The van der Waals surface area contributed by atoms with E-state index in [-0.39, 0.29) is 5.60 Å². The van der Waals surface area contributed by atoms with E-state index in [4.69, 9.17) is 4.74 Å². The molecule has 27 heavy (non-hydrogen) atoms. The maximum atomic E-state index is 12.2. The van der Waals surface area contributed by atoms with Crippen LogP contribution >= 0.6 is 0 Å². The lowest BCUT2D eigenvalue weighted by Crippen LogP contribution is -2.56. The van der Waals surface area contributed by atoms with Crippen molar-refractivity contribution in [1.29, 1.82) is 0 Å². The Hall–Kier alpha value is -0.890. The normalized spacial score (nSPS) is 55.7. The van der Waals surface area contributed by atoms with E-state index < -0.39 is 0 Å². The Morgan fingerprint density at radius 1 is 1.15 bits per heavy atom. The second-order valence-electron chi connectivity index (χ2n) is 11.1. The van der Waals surface area contributed by atoms with Crippen LogP contribution in [0.15, 0.2) is 23.8 Å². The standard InChI is InChI=1S/C25H32O2/c1-2-24-8-6-16-17-5-4-15(26)12-20(17)23(9-10-23)14-19(16)22(24)18-13-21(18)25(24)7-3-11-27-25/h3,7,12,16-19,21-22H,2,4-6,8-11,13-14H2,1H3/t16-,17-,18-,19-,21+,22+,24+,25+/m1/s1. The monoisotopic (exact) mass is 364 g/mol. The fraction of sp³-hybridized carbons (Fsp3) is 0.800. The van der Waals surface area contributed by atoms with Gasteiger partial charge in [0.1, 0.15) is 0 Å². The zero-order valence-corrected chi connectivity index (χ0v) is 16.6. The lowest BCUT2D eigenvalue weighted by atomic mass is 9.46. The van der Waals surface area contributed by atoms with Gasteiger partial charge < -0.3 is 4.74 Å². The van der Waals surface area contributed by atoms with Crippen LogP contribution in [0.1, 0.15) is 64.7 Å². The van der Waals surface area contributed by atoms with E-state index in [1.165, 1.54) is 44.9 Å². The summed E-state index contributed by atoms with van der Waals surface area (Å²) in [6.07, 6.45) is 18.4. The second kappa shape index (κ2) is 4.81. The van der Waals surface area contributed by atoms with Crippen LogP contribution in [-0.4, -0.2) is 18.0 Å². The molecule has 8 atom stereocenters. The Morgan fingerprint density at radius 2 is 2.04 bits per heavy atom. The Morgan fingerprint density at radius 3 is 2.78 bits per heavy atom. The van der Waals surface area contributed by atoms with Gasteiger partial charge in [-0.1, -0.05) is 24.6 Å². The van der Waals surface area contributed by atoms with E-state index in [1.54, 1.807) is 5.57 Å². The molecule has 7 rings (SSSR count). The average Bonchev–Trinajstić information content (AvgIpc) is 3.58. The van der Waals surface area contributed by atoms with E-state index >= 15 is 0 Å². The van der Waals surface area contributed by atoms with E-state index in [1.807, 2.05) is 0 Å². The molecule has 0 radical (unpaired) electrons. The molecule has 1 aliphatic heterocycles. The van der Waals surface area contributed by atoms with Crippen LogP contribution in [0.25, 0.3) is 0 Å². The van der Waals surface area contributed by atoms with E-state index in [2.05, 4.69) is 25.2 Å². The van der Waals surface area contributed by atoms with Gasteiger partial charge in [-0.15, -0.1) is 0 Å². The summed E-state index contributed by atoms with van der Waals surface area (Å²) in [6, 6.07) is 0. The number of ether oxygens (including phenoxy) is 1. The number of carbonyl (C=O) groups is 1. The third kappa shape index (κ3) is 1.69. The summed E-state index contributed by atoms with van der Waals surface area (Å²) in [4.78, 5) is 12.2. The zero-order valence-electron chi connectivity index (χ0n) is 16.6. The molecular weight excluding hydrogens is 332 g/mol. The molecule has 5 saturated carbocycles. The van der Waals surface area contributed by atoms with Gasteiger partial charge in [0.15, 0.2) is 5.78 Å². The van der Waals surface area contributed by atoms with Gasteiger partial charge in [-0.05, 0) is 98.4 Å². The lowest BCUT2D eigenvalue weighted by molar-refractivity contribution is -0.146. The first-order valence-corrected chi connectivity index (χ1v) is 11.7. The summed E-state index contributed by atoms with van der Waals surface area (Å²) < 4.78 is 6.62. The zero-order chi connectivity index (χ0) is 18.0. The van der Waals surface area contributed by atoms with Crippen LogP contribution in [-0.2, 0) is 9.53 Å². The van der Waals surface area contributed by atoms with Crippen molar-refractivity contribution in [2.75, 3.05) is 6.61 Å². The Labute approximate surface area is 162 Å². The van der Waals surface area contributed by atoms with Gasteiger partial charge >= 0.3 is 0 Å². The van der Waals surface area contributed by atoms with Crippen LogP contribution in [0.5, 0.6) is 0 Å². The molecule has 6 aliphatic carbocycles. The van der Waals surface area contributed by atoms with E-state index in [0.717, 1.165) is 55.0 Å². The number of ketones is 1. The van der Waals surface area contributed by atoms with Crippen molar-refractivity contribution in [3.63, 3.8) is 0 Å². The average molecular weight is 365 g/mol. The molecule has 0 aromatic rings. The van der Waals surface area contributed by atoms with E-state index in [0.29, 0.717) is 16.6 Å². The minimum Gasteiger partial charge on any atom is -0.366 e. The Kier molecular flexibility index (Phi) is 2.84. The summed E-state index contributed by atoms with van der Waals surface area (Å²) in [5.41, 5.74) is 2.53. The molecule has 1 heterocycles. The van der Waals surface area contributed by atoms with Gasteiger partial charge in [0.2, 0.25) is 0 Å². The maximum Gasteiger partial charge on any atom is 0.155 e. The molecule has 0 amide bonds. The molecule has 5 fully saturated rings. The highest BCUT2D eigenvalue weighted by Crippen LogP contribution is 2.80. The first-order chi connectivity index (χ1) is 13.1. The van der Waals surface area contributed by atoms with Gasteiger partial charge in [-0.2, -0.15) is 0 Å². The molecule has 0 unspecified atom stereocenters. The molecule has 2 heteroatoms. The Bertz CT molecular complexity index is 788. The van der Waals surface area contributed by atoms with Crippen LogP contribution < -0.4 is 0 Å². The predicted molar refractivity (Wildman–Crippen MR) is 104 cm³/mol. The highest BCUT2D eigenvalue weighted by molar-refractivity contribution is 5.91. The molecular formula is C25H32O2. The number of fused-ring (bicyclic) bond motifs is 10. The van der Waals surface area contributed by atoms with E-state index in [9.17, 15) is 4.79 Å². The second-order valence-corrected chi connectivity index (χ2v) is 11.1. The number of carbonyl (C=O) groups excluding carboxylic acids is 1. The van der Waals surface area contributed by atoms with Crippen LogP contribution in [0.4, 0.5) is 0 Å². The van der Waals surface area contributed by atoms with Gasteiger partial charge in [-0.3, -0.25) is 4.79 Å². The molecule has 7 aliphatic rings. The topological polar surface area (TPSA) is 26.3 Å². The minimum absolute atomic E-state index is 0.0808. The molecule has 0 aromatic heterocycles. The molecule has 2 spiro atoms. The largest absolute Gasteiger partial charge is 0.366 e. The first-order valence-electron chi connectivity index (χ1n) is 11.7. The number of hydrogen-bond donors (Lipinski definition) is 0. The fourth-order valence-corrected chi connectivity index (χ4v) is 9.61. The van der Waals surface area contributed by atoms with Gasteiger partial charge in [0, 0.05) is 11.8 Å². The van der Waals surface area contributed by atoms with Crippen molar-refractivity contribution in [3.8, 4) is 0 Å². The summed E-state index contributed by atoms with van der Waals surface area (Å²) >= 11 is 0. The predicted octanol–water partition coefficient (Wildman–Crippen LogP) is 5.09. The van der Waals surface area contributed by atoms with Crippen molar-refractivity contribution in [3.05, 3.63) is 23.8 Å². The summed E-state index contributed by atoms with van der Waals surface area (Å²) in [5, 5.41) is 0. The molecule has 144 valence electrons. The van der Waals surface area contributed by atoms with Crippen molar-refractivity contribution < 1.29 is 9.53 Å². The molecule has 0 N–H and O–H groups in total. The molecule has 2 nitrogen and oxygen atoms in total.